The SMILES string of the molecule is FC(F)(F)c1ccc(CNCCCCCI)cc1. The Morgan fingerprint density at radius 1 is 1.00 bits per heavy atom. The van der Waals surface area contributed by atoms with Crippen LogP contribution in [0.15, 0.2) is 24.3 Å². The van der Waals surface area contributed by atoms with Crippen LogP contribution in [0.4, 0.5) is 13.2 Å². The molecule has 0 aliphatic heterocycles. The van der Waals surface area contributed by atoms with Crippen molar-refractivity contribution >= 4 is 22.6 Å². The van der Waals surface area contributed by atoms with Crippen LogP contribution in [0.25, 0.3) is 0 Å². The van der Waals surface area contributed by atoms with Crippen LogP contribution in [-0.4, -0.2) is 11.0 Å². The van der Waals surface area contributed by atoms with Crippen molar-refractivity contribution in [2.75, 3.05) is 11.0 Å². The summed E-state index contributed by atoms with van der Waals surface area (Å²) in [6, 6.07) is 5.32. The van der Waals surface area contributed by atoms with E-state index in [-0.39, 0.29) is 0 Å². The first-order chi connectivity index (χ1) is 8.54. The highest BCUT2D eigenvalue weighted by atomic mass is 127. The largest absolute Gasteiger partial charge is 0.416 e. The maximum atomic E-state index is 12.3. The molecule has 0 aromatic heterocycles. The fourth-order valence-corrected chi connectivity index (χ4v) is 2.10. The maximum absolute atomic E-state index is 12.3. The van der Waals surface area contributed by atoms with E-state index in [1.807, 2.05) is 0 Å². The van der Waals surface area contributed by atoms with Gasteiger partial charge in [0.25, 0.3) is 0 Å². The van der Waals surface area contributed by atoms with Crippen LogP contribution in [0.3, 0.4) is 0 Å². The minimum absolute atomic E-state index is 0.590. The van der Waals surface area contributed by atoms with Gasteiger partial charge in [0, 0.05) is 6.54 Å². The van der Waals surface area contributed by atoms with Crippen LogP contribution in [0.5, 0.6) is 0 Å². The van der Waals surface area contributed by atoms with Crippen molar-refractivity contribution in [1.29, 1.82) is 0 Å². The van der Waals surface area contributed by atoms with Crippen molar-refractivity contribution < 1.29 is 13.2 Å². The molecule has 0 amide bonds. The van der Waals surface area contributed by atoms with Crippen LogP contribution in [0, 0.1) is 0 Å². The molecule has 0 saturated carbocycles. The van der Waals surface area contributed by atoms with Gasteiger partial charge in [-0.05, 0) is 41.5 Å². The summed E-state index contributed by atoms with van der Waals surface area (Å²) in [5.74, 6) is 0. The topological polar surface area (TPSA) is 12.0 Å². The highest BCUT2D eigenvalue weighted by molar-refractivity contribution is 14.1. The molecule has 0 radical (unpaired) electrons. The molecule has 1 rings (SSSR count). The Kier molecular flexibility index (Phi) is 6.99. The lowest BCUT2D eigenvalue weighted by Crippen LogP contribution is -2.15. The first-order valence-corrected chi connectivity index (χ1v) is 7.49. The van der Waals surface area contributed by atoms with Gasteiger partial charge in [0.05, 0.1) is 5.56 Å². The molecule has 0 unspecified atom stereocenters. The summed E-state index contributed by atoms with van der Waals surface area (Å²) in [5.41, 5.74) is 0.296. The van der Waals surface area contributed by atoms with Crippen molar-refractivity contribution in [1.82, 2.24) is 5.32 Å². The number of unbranched alkanes of at least 4 members (excludes halogenated alkanes) is 2. The van der Waals surface area contributed by atoms with Gasteiger partial charge in [-0.25, -0.2) is 0 Å². The molecular formula is C13H17F3IN. The van der Waals surface area contributed by atoms with E-state index in [2.05, 4.69) is 27.9 Å². The zero-order chi connectivity index (χ0) is 13.4. The third-order valence-electron chi connectivity index (χ3n) is 2.60. The van der Waals surface area contributed by atoms with Gasteiger partial charge in [0.15, 0.2) is 0 Å². The maximum Gasteiger partial charge on any atom is 0.416 e. The number of hydrogen-bond donors (Lipinski definition) is 1. The number of rotatable bonds is 7. The predicted octanol–water partition coefficient (Wildman–Crippen LogP) is 4.40. The molecule has 5 heteroatoms. The van der Waals surface area contributed by atoms with Crippen molar-refractivity contribution in [3.63, 3.8) is 0 Å². The van der Waals surface area contributed by atoms with Gasteiger partial charge in [0.2, 0.25) is 0 Å². The minimum atomic E-state index is -4.24. The van der Waals surface area contributed by atoms with Gasteiger partial charge >= 0.3 is 6.18 Å². The van der Waals surface area contributed by atoms with Gasteiger partial charge in [0.1, 0.15) is 0 Å². The Morgan fingerprint density at radius 3 is 2.22 bits per heavy atom. The van der Waals surface area contributed by atoms with E-state index in [4.69, 9.17) is 0 Å². The third kappa shape index (κ3) is 6.04. The average Bonchev–Trinajstić information content (AvgIpc) is 2.33. The van der Waals surface area contributed by atoms with Crippen molar-refractivity contribution in [2.24, 2.45) is 0 Å². The lowest BCUT2D eigenvalue weighted by atomic mass is 10.1. The Hall–Kier alpha value is -0.300. The molecule has 102 valence electrons. The first kappa shape index (κ1) is 15.8. The van der Waals surface area contributed by atoms with E-state index in [0.29, 0.717) is 6.54 Å². The van der Waals surface area contributed by atoms with Crippen LogP contribution in [0.2, 0.25) is 0 Å². The van der Waals surface area contributed by atoms with E-state index in [9.17, 15) is 13.2 Å². The van der Waals surface area contributed by atoms with Gasteiger partial charge < -0.3 is 5.32 Å². The average molecular weight is 371 g/mol. The van der Waals surface area contributed by atoms with Crippen LogP contribution in [-0.2, 0) is 12.7 Å². The lowest BCUT2D eigenvalue weighted by molar-refractivity contribution is -0.137. The van der Waals surface area contributed by atoms with Crippen LogP contribution >= 0.6 is 22.6 Å². The number of alkyl halides is 4. The zero-order valence-electron chi connectivity index (χ0n) is 10.1. The summed E-state index contributed by atoms with van der Waals surface area (Å²) >= 11 is 2.35. The Labute approximate surface area is 119 Å². The molecule has 0 aliphatic carbocycles. The van der Waals surface area contributed by atoms with Gasteiger partial charge in [-0.3, -0.25) is 0 Å². The number of halogens is 4. The third-order valence-corrected chi connectivity index (χ3v) is 3.36. The van der Waals surface area contributed by atoms with Crippen molar-refractivity contribution in [3.8, 4) is 0 Å². The molecule has 0 aliphatic rings. The van der Waals surface area contributed by atoms with Gasteiger partial charge in [-0.1, -0.05) is 41.1 Å². The minimum Gasteiger partial charge on any atom is -0.313 e. The van der Waals surface area contributed by atoms with Crippen molar-refractivity contribution in [2.45, 2.75) is 32.0 Å². The summed E-state index contributed by atoms with van der Waals surface area (Å²) < 4.78 is 38.2. The zero-order valence-corrected chi connectivity index (χ0v) is 12.2. The highest BCUT2D eigenvalue weighted by Crippen LogP contribution is 2.28. The van der Waals surface area contributed by atoms with E-state index in [1.165, 1.54) is 29.4 Å². The molecule has 1 N–H and O–H groups in total. The molecule has 0 spiro atoms. The highest BCUT2D eigenvalue weighted by Gasteiger charge is 2.29. The lowest BCUT2D eigenvalue weighted by Gasteiger charge is -2.08. The normalized spacial score (nSPS) is 11.8. The molecule has 1 aromatic rings. The molecule has 0 atom stereocenters. The van der Waals surface area contributed by atoms with Crippen LogP contribution in [0.1, 0.15) is 30.4 Å². The van der Waals surface area contributed by atoms with E-state index in [0.717, 1.165) is 30.7 Å². The smallest absolute Gasteiger partial charge is 0.313 e. The second kappa shape index (κ2) is 7.99. The summed E-state index contributed by atoms with van der Waals surface area (Å²) in [5, 5.41) is 3.24. The molecule has 0 fully saturated rings. The number of benzene rings is 1. The van der Waals surface area contributed by atoms with E-state index in [1.54, 1.807) is 0 Å². The van der Waals surface area contributed by atoms with Crippen molar-refractivity contribution in [3.05, 3.63) is 35.4 Å². The van der Waals surface area contributed by atoms with E-state index >= 15 is 0 Å². The molecule has 0 bridgehead atoms. The molecule has 0 heterocycles. The Balaban J connectivity index is 2.27. The standard InChI is InChI=1S/C13H17F3IN/c14-13(15,16)12-6-4-11(5-7-12)10-18-9-3-1-2-8-17/h4-7,18H,1-3,8-10H2. The second-order valence-corrected chi connectivity index (χ2v) is 5.20. The molecule has 1 aromatic carbocycles. The molecule has 18 heavy (non-hydrogen) atoms. The van der Waals surface area contributed by atoms with E-state index < -0.39 is 11.7 Å². The summed E-state index contributed by atoms with van der Waals surface area (Å²) in [6.07, 6.45) is -0.708. The Morgan fingerprint density at radius 2 is 1.67 bits per heavy atom. The fourth-order valence-electron chi connectivity index (χ4n) is 1.57. The summed E-state index contributed by atoms with van der Waals surface area (Å²) in [6.45, 7) is 1.54. The van der Waals surface area contributed by atoms with Gasteiger partial charge in [-0.15, -0.1) is 0 Å². The Bertz CT molecular complexity index is 335. The summed E-state index contributed by atoms with van der Waals surface area (Å²) in [7, 11) is 0. The summed E-state index contributed by atoms with van der Waals surface area (Å²) in [4.78, 5) is 0. The number of nitrogens with one attached hydrogen (secondary N) is 1. The molecular weight excluding hydrogens is 354 g/mol. The quantitative estimate of drug-likeness (QED) is 0.426. The van der Waals surface area contributed by atoms with Gasteiger partial charge in [-0.2, -0.15) is 13.2 Å². The molecule has 1 nitrogen and oxygen atoms in total. The fraction of sp³-hybridized carbons (Fsp3) is 0.538. The monoisotopic (exact) mass is 371 g/mol. The molecule has 0 saturated heterocycles. The first-order valence-electron chi connectivity index (χ1n) is 5.97. The predicted molar refractivity (Wildman–Crippen MR) is 75.9 cm³/mol. The second-order valence-electron chi connectivity index (χ2n) is 4.12. The van der Waals surface area contributed by atoms with Crippen LogP contribution < -0.4 is 5.32 Å². The number of hydrogen-bond acceptors (Lipinski definition) is 1.